The third-order valence-corrected chi connectivity index (χ3v) is 4.30. The van der Waals surface area contributed by atoms with Gasteiger partial charge in [-0.05, 0) is 25.1 Å². The van der Waals surface area contributed by atoms with E-state index in [9.17, 15) is 4.79 Å². The summed E-state index contributed by atoms with van der Waals surface area (Å²) in [4.78, 5) is 12.1. The highest BCUT2D eigenvalue weighted by atomic mass is 35.5. The first kappa shape index (κ1) is 15.0. The Morgan fingerprint density at radius 1 is 1.27 bits per heavy atom. The zero-order valence-electron chi connectivity index (χ0n) is 11.3. The van der Waals surface area contributed by atoms with E-state index >= 15 is 0 Å². The Morgan fingerprint density at radius 2 is 2.09 bits per heavy atom. The molecule has 0 atom stereocenters. The Labute approximate surface area is 139 Å². The molecule has 0 spiro atoms. The van der Waals surface area contributed by atoms with Gasteiger partial charge in [-0.2, -0.15) is 0 Å². The van der Waals surface area contributed by atoms with Crippen LogP contribution in [0.4, 0.5) is 6.01 Å². The van der Waals surface area contributed by atoms with Crippen molar-refractivity contribution in [1.29, 1.82) is 0 Å². The molecule has 0 aliphatic carbocycles. The molecule has 1 N–H and O–H groups in total. The van der Waals surface area contributed by atoms with Crippen LogP contribution in [0.5, 0.6) is 0 Å². The van der Waals surface area contributed by atoms with Gasteiger partial charge in [0.2, 0.25) is 0 Å². The van der Waals surface area contributed by atoms with Crippen LogP contribution in [-0.4, -0.2) is 16.1 Å². The molecule has 3 aromatic rings. The first-order valence-electron chi connectivity index (χ1n) is 6.19. The van der Waals surface area contributed by atoms with Crippen LogP contribution in [0.2, 0.25) is 8.67 Å². The van der Waals surface area contributed by atoms with Gasteiger partial charge in [0.15, 0.2) is 0 Å². The summed E-state index contributed by atoms with van der Waals surface area (Å²) in [5, 5.41) is 10.2. The summed E-state index contributed by atoms with van der Waals surface area (Å²) in [6.45, 7) is 1.91. The lowest BCUT2D eigenvalue weighted by atomic mass is 10.1. The van der Waals surface area contributed by atoms with E-state index in [1.807, 2.05) is 13.0 Å². The quantitative estimate of drug-likeness (QED) is 0.742. The molecule has 8 heteroatoms. The first-order valence-corrected chi connectivity index (χ1v) is 7.77. The molecule has 5 nitrogen and oxygen atoms in total. The number of hydrogen-bond donors (Lipinski definition) is 1. The van der Waals surface area contributed by atoms with Gasteiger partial charge in [0.25, 0.3) is 11.8 Å². The number of nitrogens with zero attached hydrogens (tertiary/aromatic N) is 2. The standard InChI is InChI=1S/C14H9Cl2N3O2S/c1-7-3-2-4-8(5-7)12(20)17-14-19-18-13(21-14)9-6-10(15)22-11(9)16/h2-6H,1H3,(H,17,19,20). The van der Waals surface area contributed by atoms with Crippen LogP contribution in [0.1, 0.15) is 15.9 Å². The smallest absolute Gasteiger partial charge is 0.322 e. The second-order valence-electron chi connectivity index (χ2n) is 4.47. The Balaban J connectivity index is 1.80. The maximum absolute atomic E-state index is 12.1. The lowest BCUT2D eigenvalue weighted by Crippen LogP contribution is -2.12. The molecule has 0 fully saturated rings. The molecule has 0 radical (unpaired) electrons. The van der Waals surface area contributed by atoms with Crippen molar-refractivity contribution in [2.24, 2.45) is 0 Å². The molecule has 0 saturated heterocycles. The minimum absolute atomic E-state index is 0.0000970. The number of aryl methyl sites for hydroxylation is 1. The summed E-state index contributed by atoms with van der Waals surface area (Å²) in [7, 11) is 0. The fourth-order valence-corrected chi connectivity index (χ4v) is 3.27. The maximum atomic E-state index is 12.1. The molecule has 0 unspecified atom stereocenters. The summed E-state index contributed by atoms with van der Waals surface area (Å²) in [6, 6.07) is 8.81. The summed E-state index contributed by atoms with van der Waals surface area (Å²) >= 11 is 13.1. The molecule has 2 aromatic heterocycles. The van der Waals surface area contributed by atoms with Gasteiger partial charge in [-0.1, -0.05) is 46.0 Å². The zero-order valence-corrected chi connectivity index (χ0v) is 13.6. The van der Waals surface area contributed by atoms with Gasteiger partial charge in [-0.3, -0.25) is 10.1 Å². The van der Waals surface area contributed by atoms with Crippen molar-refractivity contribution in [2.75, 3.05) is 5.32 Å². The van der Waals surface area contributed by atoms with Crippen LogP contribution in [-0.2, 0) is 0 Å². The van der Waals surface area contributed by atoms with Crippen LogP contribution in [0, 0.1) is 6.92 Å². The molecular formula is C14H9Cl2N3O2S. The van der Waals surface area contributed by atoms with Gasteiger partial charge in [0, 0.05) is 5.56 Å². The molecule has 22 heavy (non-hydrogen) atoms. The van der Waals surface area contributed by atoms with E-state index in [-0.39, 0.29) is 17.8 Å². The van der Waals surface area contributed by atoms with E-state index in [0.717, 1.165) is 5.56 Å². The van der Waals surface area contributed by atoms with Crippen molar-refractivity contribution in [3.8, 4) is 11.5 Å². The Kier molecular flexibility index (Phi) is 4.15. The number of amides is 1. The zero-order chi connectivity index (χ0) is 15.7. The average molecular weight is 354 g/mol. The maximum Gasteiger partial charge on any atom is 0.322 e. The predicted molar refractivity (Wildman–Crippen MR) is 86.8 cm³/mol. The number of nitrogens with one attached hydrogen (secondary N) is 1. The summed E-state index contributed by atoms with van der Waals surface area (Å²) in [6.07, 6.45) is 0. The highest BCUT2D eigenvalue weighted by molar-refractivity contribution is 7.20. The molecule has 0 saturated carbocycles. The lowest BCUT2D eigenvalue weighted by molar-refractivity contribution is 0.102. The van der Waals surface area contributed by atoms with E-state index in [0.29, 0.717) is 19.8 Å². The third kappa shape index (κ3) is 3.14. The number of carbonyl (C=O) groups excluding carboxylic acids is 1. The normalized spacial score (nSPS) is 10.7. The Bertz CT molecular complexity index is 844. The van der Waals surface area contributed by atoms with Gasteiger partial charge in [0.1, 0.15) is 4.34 Å². The van der Waals surface area contributed by atoms with Crippen LogP contribution in [0.3, 0.4) is 0 Å². The van der Waals surface area contributed by atoms with E-state index in [2.05, 4.69) is 15.5 Å². The molecule has 112 valence electrons. The molecule has 0 bridgehead atoms. The monoisotopic (exact) mass is 353 g/mol. The van der Waals surface area contributed by atoms with Crippen molar-refractivity contribution < 1.29 is 9.21 Å². The summed E-state index contributed by atoms with van der Waals surface area (Å²) < 4.78 is 6.36. The minimum atomic E-state index is -0.326. The van der Waals surface area contributed by atoms with E-state index < -0.39 is 0 Å². The first-order chi connectivity index (χ1) is 10.5. The second kappa shape index (κ2) is 6.08. The van der Waals surface area contributed by atoms with Crippen LogP contribution in [0.25, 0.3) is 11.5 Å². The lowest BCUT2D eigenvalue weighted by Gasteiger charge is -2.01. The second-order valence-corrected chi connectivity index (χ2v) is 6.76. The number of hydrogen-bond acceptors (Lipinski definition) is 5. The third-order valence-electron chi connectivity index (χ3n) is 2.81. The molecule has 1 aromatic carbocycles. The Morgan fingerprint density at radius 3 is 2.77 bits per heavy atom. The SMILES string of the molecule is Cc1cccc(C(=O)Nc2nnc(-c3cc(Cl)sc3Cl)o2)c1. The van der Waals surface area contributed by atoms with Crippen molar-refractivity contribution in [3.63, 3.8) is 0 Å². The van der Waals surface area contributed by atoms with Crippen molar-refractivity contribution in [1.82, 2.24) is 10.2 Å². The molecule has 1 amide bonds. The van der Waals surface area contributed by atoms with Gasteiger partial charge < -0.3 is 4.42 Å². The van der Waals surface area contributed by atoms with E-state index in [1.165, 1.54) is 11.3 Å². The van der Waals surface area contributed by atoms with Gasteiger partial charge >= 0.3 is 6.01 Å². The van der Waals surface area contributed by atoms with Crippen molar-refractivity contribution in [3.05, 3.63) is 50.1 Å². The van der Waals surface area contributed by atoms with Crippen LogP contribution < -0.4 is 5.32 Å². The largest absolute Gasteiger partial charge is 0.403 e. The minimum Gasteiger partial charge on any atom is -0.403 e. The number of halogens is 2. The van der Waals surface area contributed by atoms with E-state index in [4.69, 9.17) is 27.6 Å². The topological polar surface area (TPSA) is 68.0 Å². The number of benzene rings is 1. The fraction of sp³-hybridized carbons (Fsp3) is 0.0714. The van der Waals surface area contributed by atoms with Crippen molar-refractivity contribution in [2.45, 2.75) is 6.92 Å². The molecule has 2 heterocycles. The fourth-order valence-electron chi connectivity index (χ4n) is 1.82. The highest BCUT2D eigenvalue weighted by Gasteiger charge is 2.17. The average Bonchev–Trinajstić information content (AvgIpc) is 3.05. The number of anilines is 1. The molecule has 0 aliphatic rings. The molecule has 3 rings (SSSR count). The molecular weight excluding hydrogens is 345 g/mol. The summed E-state index contributed by atoms with van der Waals surface area (Å²) in [5.41, 5.74) is 2.04. The van der Waals surface area contributed by atoms with Crippen LogP contribution in [0.15, 0.2) is 34.7 Å². The number of thiophene rings is 1. The predicted octanol–water partition coefficient (Wildman–Crippen LogP) is 4.67. The van der Waals surface area contributed by atoms with Gasteiger partial charge in [0.05, 0.1) is 9.90 Å². The van der Waals surface area contributed by atoms with Gasteiger partial charge in [-0.15, -0.1) is 16.4 Å². The number of aromatic nitrogens is 2. The van der Waals surface area contributed by atoms with E-state index in [1.54, 1.807) is 24.3 Å². The number of rotatable bonds is 3. The van der Waals surface area contributed by atoms with Crippen molar-refractivity contribution >= 4 is 46.5 Å². The number of carbonyl (C=O) groups is 1. The molecule has 0 aliphatic heterocycles. The van der Waals surface area contributed by atoms with Crippen LogP contribution >= 0.6 is 34.5 Å². The van der Waals surface area contributed by atoms with Gasteiger partial charge in [-0.25, -0.2) is 0 Å². The summed E-state index contributed by atoms with van der Waals surface area (Å²) in [5.74, 6) is -0.124. The Hall–Kier alpha value is -1.89. The highest BCUT2D eigenvalue weighted by Crippen LogP contribution is 2.37.